The van der Waals surface area contributed by atoms with Crippen LogP contribution in [-0.4, -0.2) is 23.2 Å². The summed E-state index contributed by atoms with van der Waals surface area (Å²) in [6.45, 7) is 0.684. The van der Waals surface area contributed by atoms with E-state index in [0.29, 0.717) is 12.4 Å². The highest BCUT2D eigenvalue weighted by atomic mass is 16.6. The summed E-state index contributed by atoms with van der Waals surface area (Å²) >= 11 is 0. The summed E-state index contributed by atoms with van der Waals surface area (Å²) in [4.78, 5) is 19.0. The molecular weight excluding hydrogens is 270 g/mol. The van der Waals surface area contributed by atoms with Gasteiger partial charge in [0, 0.05) is 25.0 Å². The Labute approximate surface area is 120 Å². The molecule has 1 aliphatic heterocycles. The number of hydrogen-bond acceptors (Lipinski definition) is 6. The van der Waals surface area contributed by atoms with E-state index in [0.717, 1.165) is 16.8 Å². The molecule has 7 heteroatoms. The normalized spacial score (nSPS) is 12.0. The van der Waals surface area contributed by atoms with Crippen molar-refractivity contribution in [3.8, 4) is 0 Å². The summed E-state index contributed by atoms with van der Waals surface area (Å²) in [5.41, 5.74) is 2.84. The first-order chi connectivity index (χ1) is 10.2. The van der Waals surface area contributed by atoms with Crippen molar-refractivity contribution in [2.75, 3.05) is 17.7 Å². The molecule has 0 aliphatic carbocycles. The second kappa shape index (κ2) is 5.20. The molecule has 0 spiro atoms. The van der Waals surface area contributed by atoms with Gasteiger partial charge in [0.1, 0.15) is 5.82 Å². The average molecular weight is 283 g/mol. The molecule has 1 aliphatic rings. The Hall–Kier alpha value is -2.96. The van der Waals surface area contributed by atoms with Gasteiger partial charge in [-0.15, -0.1) is 0 Å². The molecule has 106 valence electrons. The van der Waals surface area contributed by atoms with Gasteiger partial charge in [-0.1, -0.05) is 6.07 Å². The van der Waals surface area contributed by atoms with Crippen LogP contribution in [0.25, 0.3) is 0 Å². The molecule has 7 nitrogen and oxygen atoms in total. The van der Waals surface area contributed by atoms with Crippen molar-refractivity contribution in [1.29, 1.82) is 0 Å². The van der Waals surface area contributed by atoms with Crippen LogP contribution in [0.5, 0.6) is 0 Å². The number of rotatable bonds is 4. The number of hydrogen-bond donors (Lipinski definition) is 2. The Morgan fingerprint density at radius 1 is 1.29 bits per heavy atom. The zero-order chi connectivity index (χ0) is 14.8. The number of aliphatic imine (C=N–C) groups is 1. The predicted molar refractivity (Wildman–Crippen MR) is 81.5 cm³/mol. The molecule has 2 N–H and O–H groups in total. The maximum Gasteiger partial charge on any atom is 0.311 e. The standard InChI is InChI=1S/C14H13N5O2/c1-15-13-5-4-12(19(20)21)14(18-13)17-11-3-2-9-7-16-8-10(9)6-11/h2-6,8H,7H2,1H3,(H2,15,17,18). The lowest BCUT2D eigenvalue weighted by Crippen LogP contribution is -2.02. The first-order valence-electron chi connectivity index (χ1n) is 6.40. The first-order valence-corrected chi connectivity index (χ1v) is 6.40. The fourth-order valence-corrected chi connectivity index (χ4v) is 2.15. The Morgan fingerprint density at radius 3 is 2.90 bits per heavy atom. The van der Waals surface area contributed by atoms with Crippen LogP contribution in [-0.2, 0) is 6.54 Å². The van der Waals surface area contributed by atoms with Crippen LogP contribution in [0, 0.1) is 10.1 Å². The Kier molecular flexibility index (Phi) is 3.23. The van der Waals surface area contributed by atoms with E-state index in [9.17, 15) is 10.1 Å². The number of nitrogens with one attached hydrogen (secondary N) is 2. The van der Waals surface area contributed by atoms with Gasteiger partial charge in [-0.2, -0.15) is 0 Å². The van der Waals surface area contributed by atoms with E-state index < -0.39 is 4.92 Å². The molecule has 0 saturated heterocycles. The highest BCUT2D eigenvalue weighted by molar-refractivity contribution is 5.86. The fraction of sp³-hybridized carbons (Fsp3) is 0.143. The molecule has 0 fully saturated rings. The summed E-state index contributed by atoms with van der Waals surface area (Å²) in [6, 6.07) is 8.72. The second-order valence-electron chi connectivity index (χ2n) is 4.58. The van der Waals surface area contributed by atoms with Crippen LogP contribution < -0.4 is 10.6 Å². The monoisotopic (exact) mass is 283 g/mol. The topological polar surface area (TPSA) is 92.5 Å². The summed E-state index contributed by atoms with van der Waals surface area (Å²) in [5.74, 6) is 0.771. The van der Waals surface area contributed by atoms with Gasteiger partial charge >= 0.3 is 5.69 Å². The van der Waals surface area contributed by atoms with E-state index in [1.54, 1.807) is 19.3 Å². The Bertz CT molecular complexity index is 742. The van der Waals surface area contributed by atoms with E-state index in [4.69, 9.17) is 0 Å². The maximum atomic E-state index is 11.1. The molecule has 0 radical (unpaired) electrons. The van der Waals surface area contributed by atoms with Gasteiger partial charge in [0.05, 0.1) is 11.5 Å². The van der Waals surface area contributed by atoms with Crippen molar-refractivity contribution in [3.05, 3.63) is 51.6 Å². The summed E-state index contributed by atoms with van der Waals surface area (Å²) in [5, 5.41) is 17.0. The van der Waals surface area contributed by atoms with E-state index >= 15 is 0 Å². The summed E-state index contributed by atoms with van der Waals surface area (Å²) in [7, 11) is 1.71. The number of aromatic nitrogens is 1. The average Bonchev–Trinajstić information content (AvgIpc) is 2.94. The lowest BCUT2D eigenvalue weighted by atomic mass is 10.1. The van der Waals surface area contributed by atoms with Crippen molar-refractivity contribution in [3.63, 3.8) is 0 Å². The molecule has 1 aromatic heterocycles. The summed E-state index contributed by atoms with van der Waals surface area (Å²) in [6.07, 6.45) is 1.80. The van der Waals surface area contributed by atoms with Crippen LogP contribution in [0.15, 0.2) is 35.3 Å². The molecule has 2 heterocycles. The molecule has 0 atom stereocenters. The molecule has 2 aromatic rings. The molecule has 0 bridgehead atoms. The minimum atomic E-state index is -0.455. The number of nitrogens with zero attached hydrogens (tertiary/aromatic N) is 3. The van der Waals surface area contributed by atoms with Crippen molar-refractivity contribution >= 4 is 29.2 Å². The molecule has 0 unspecified atom stereocenters. The van der Waals surface area contributed by atoms with Crippen LogP contribution in [0.2, 0.25) is 0 Å². The Balaban J connectivity index is 1.96. The smallest absolute Gasteiger partial charge is 0.311 e. The molecule has 0 amide bonds. The van der Waals surface area contributed by atoms with Crippen LogP contribution in [0.3, 0.4) is 0 Å². The lowest BCUT2D eigenvalue weighted by molar-refractivity contribution is -0.384. The van der Waals surface area contributed by atoms with E-state index in [2.05, 4.69) is 20.6 Å². The van der Waals surface area contributed by atoms with Crippen molar-refractivity contribution in [2.24, 2.45) is 4.99 Å². The predicted octanol–water partition coefficient (Wildman–Crippen LogP) is 2.71. The molecule has 0 saturated carbocycles. The van der Waals surface area contributed by atoms with Gasteiger partial charge in [0.2, 0.25) is 5.82 Å². The van der Waals surface area contributed by atoms with E-state index in [1.807, 2.05) is 18.2 Å². The highest BCUT2D eigenvalue weighted by Crippen LogP contribution is 2.28. The third kappa shape index (κ3) is 2.53. The molecule has 1 aromatic carbocycles. The zero-order valence-electron chi connectivity index (χ0n) is 11.3. The Morgan fingerprint density at radius 2 is 2.14 bits per heavy atom. The number of fused-ring (bicyclic) bond motifs is 1. The minimum absolute atomic E-state index is 0.0665. The van der Waals surface area contributed by atoms with Crippen LogP contribution in [0.1, 0.15) is 11.1 Å². The highest BCUT2D eigenvalue weighted by Gasteiger charge is 2.16. The van der Waals surface area contributed by atoms with Crippen molar-refractivity contribution in [2.45, 2.75) is 6.54 Å². The number of pyridine rings is 1. The molecule has 3 rings (SSSR count). The first kappa shape index (κ1) is 13.0. The second-order valence-corrected chi connectivity index (χ2v) is 4.58. The minimum Gasteiger partial charge on any atom is -0.373 e. The third-order valence-electron chi connectivity index (χ3n) is 3.23. The zero-order valence-corrected chi connectivity index (χ0v) is 11.3. The van der Waals surface area contributed by atoms with E-state index in [-0.39, 0.29) is 11.5 Å². The van der Waals surface area contributed by atoms with Crippen molar-refractivity contribution in [1.82, 2.24) is 4.98 Å². The maximum absolute atomic E-state index is 11.1. The van der Waals surface area contributed by atoms with Gasteiger partial charge < -0.3 is 10.6 Å². The number of nitro groups is 1. The number of anilines is 3. The molecule has 21 heavy (non-hydrogen) atoms. The SMILES string of the molecule is CNc1ccc([N+](=O)[O-])c(Nc2ccc3c(c2)C=NC3)n1. The van der Waals surface area contributed by atoms with E-state index in [1.165, 1.54) is 6.07 Å². The molecular formula is C14H13N5O2. The van der Waals surface area contributed by atoms with Crippen LogP contribution >= 0.6 is 0 Å². The van der Waals surface area contributed by atoms with Gasteiger partial charge in [-0.3, -0.25) is 15.1 Å². The van der Waals surface area contributed by atoms with Gasteiger partial charge in [-0.05, 0) is 29.3 Å². The largest absolute Gasteiger partial charge is 0.373 e. The summed E-state index contributed by atoms with van der Waals surface area (Å²) < 4.78 is 0. The van der Waals surface area contributed by atoms with Crippen molar-refractivity contribution < 1.29 is 4.92 Å². The number of benzene rings is 1. The van der Waals surface area contributed by atoms with Gasteiger partial charge in [-0.25, -0.2) is 4.98 Å². The lowest BCUT2D eigenvalue weighted by Gasteiger charge is -2.09. The van der Waals surface area contributed by atoms with Gasteiger partial charge in [0.25, 0.3) is 0 Å². The third-order valence-corrected chi connectivity index (χ3v) is 3.23. The van der Waals surface area contributed by atoms with Gasteiger partial charge in [0.15, 0.2) is 0 Å². The fourth-order valence-electron chi connectivity index (χ4n) is 2.15. The quantitative estimate of drug-likeness (QED) is 0.664. The van der Waals surface area contributed by atoms with Crippen LogP contribution in [0.4, 0.5) is 23.0 Å².